The summed E-state index contributed by atoms with van der Waals surface area (Å²) in [6.45, 7) is 3.40. The summed E-state index contributed by atoms with van der Waals surface area (Å²) in [5, 5.41) is 7.98. The van der Waals surface area contributed by atoms with Crippen LogP contribution >= 0.6 is 11.8 Å². The molecule has 0 aliphatic carbocycles. The molecule has 0 spiro atoms. The Hall–Kier alpha value is -1.84. The summed E-state index contributed by atoms with van der Waals surface area (Å²) < 4.78 is 93.9. The lowest BCUT2D eigenvalue weighted by Crippen LogP contribution is -2.33. The molecule has 2 aromatic carbocycles. The van der Waals surface area contributed by atoms with E-state index in [-0.39, 0.29) is 5.69 Å². The number of nitrogens with one attached hydrogen (secondary N) is 1. The van der Waals surface area contributed by atoms with E-state index < -0.39 is 41.2 Å². The van der Waals surface area contributed by atoms with Crippen molar-refractivity contribution < 1.29 is 34.7 Å². The summed E-state index contributed by atoms with van der Waals surface area (Å²) >= 11 is 1.47. The first-order chi connectivity index (χ1) is 16.9. The Morgan fingerprint density at radius 2 is 1.78 bits per heavy atom. The van der Waals surface area contributed by atoms with Gasteiger partial charge in [0.05, 0.1) is 17.2 Å². The Morgan fingerprint density at radius 1 is 1.06 bits per heavy atom. The number of alkyl halides is 3. The van der Waals surface area contributed by atoms with Crippen LogP contribution in [0.1, 0.15) is 12.8 Å². The standard InChI is InChI=1S/C22H28F3N3O5S3/c23-22(24,25)35(29,30)21-15-19(36(26,31)32)7-8-20(21)27-17(16-34-18-5-2-1-3-6-18)9-11-28-10-4-13-33-14-12-28/h1-3,5-8,15,17,27H,4,9-14,16H2,(H2,26,31,32)/t17-/m1/s1. The smallest absolute Gasteiger partial charge is 0.380 e. The van der Waals surface area contributed by atoms with Crippen LogP contribution in [0.15, 0.2) is 63.2 Å². The molecule has 1 fully saturated rings. The second-order valence-electron chi connectivity index (χ2n) is 8.21. The third-order valence-corrected chi connectivity index (χ3v) is 9.15. The van der Waals surface area contributed by atoms with Crippen LogP contribution in [0, 0.1) is 0 Å². The van der Waals surface area contributed by atoms with Crippen molar-refractivity contribution in [2.75, 3.05) is 43.9 Å². The number of anilines is 1. The maximum Gasteiger partial charge on any atom is 0.501 e. The fraction of sp³-hybridized carbons (Fsp3) is 0.455. The van der Waals surface area contributed by atoms with Crippen LogP contribution in [-0.4, -0.2) is 71.9 Å². The van der Waals surface area contributed by atoms with Crippen LogP contribution in [0.3, 0.4) is 0 Å². The molecule has 1 aliphatic heterocycles. The minimum Gasteiger partial charge on any atom is -0.380 e. The highest BCUT2D eigenvalue weighted by atomic mass is 32.2. The number of thioether (sulfide) groups is 1. The SMILES string of the molecule is NS(=O)(=O)c1ccc(N[C@H](CCN2CCCOCC2)CSc2ccccc2)c(S(=O)(=O)C(F)(F)F)c1. The average molecular weight is 568 g/mol. The third kappa shape index (κ3) is 7.83. The largest absolute Gasteiger partial charge is 0.501 e. The molecule has 200 valence electrons. The van der Waals surface area contributed by atoms with E-state index in [0.717, 1.165) is 36.5 Å². The van der Waals surface area contributed by atoms with Crippen molar-refractivity contribution in [3.05, 3.63) is 48.5 Å². The number of sulfone groups is 1. The summed E-state index contributed by atoms with van der Waals surface area (Å²) in [5.41, 5.74) is -5.96. The van der Waals surface area contributed by atoms with E-state index in [9.17, 15) is 30.0 Å². The number of hydrogen-bond acceptors (Lipinski definition) is 8. The number of hydrogen-bond donors (Lipinski definition) is 2. The molecule has 0 aromatic heterocycles. The Kier molecular flexibility index (Phi) is 9.68. The molecule has 1 atom stereocenters. The van der Waals surface area contributed by atoms with Crippen molar-refractivity contribution in [3.8, 4) is 0 Å². The fourth-order valence-corrected chi connectivity index (χ4v) is 6.19. The molecule has 1 aliphatic rings. The highest BCUT2D eigenvalue weighted by Gasteiger charge is 2.48. The van der Waals surface area contributed by atoms with Crippen LogP contribution in [0.4, 0.5) is 18.9 Å². The first kappa shape index (κ1) is 28.7. The molecule has 1 saturated heterocycles. The van der Waals surface area contributed by atoms with E-state index >= 15 is 0 Å². The Morgan fingerprint density at radius 3 is 2.44 bits per heavy atom. The topological polar surface area (TPSA) is 119 Å². The average Bonchev–Trinajstić information content (AvgIpc) is 3.09. The lowest BCUT2D eigenvalue weighted by molar-refractivity contribution is -0.0435. The zero-order chi connectivity index (χ0) is 26.4. The molecule has 36 heavy (non-hydrogen) atoms. The van der Waals surface area contributed by atoms with Crippen LogP contribution in [0.2, 0.25) is 0 Å². The first-order valence-corrected chi connectivity index (χ1v) is 15.1. The maximum absolute atomic E-state index is 13.4. The second kappa shape index (κ2) is 12.1. The zero-order valence-electron chi connectivity index (χ0n) is 19.3. The molecular formula is C22H28F3N3O5S3. The van der Waals surface area contributed by atoms with E-state index in [1.165, 1.54) is 11.8 Å². The summed E-state index contributed by atoms with van der Waals surface area (Å²) in [6.07, 6.45) is 1.36. The number of benzene rings is 2. The van der Waals surface area contributed by atoms with Gasteiger partial charge >= 0.3 is 5.51 Å². The van der Waals surface area contributed by atoms with Crippen LogP contribution in [0.25, 0.3) is 0 Å². The van der Waals surface area contributed by atoms with E-state index in [1.54, 1.807) is 0 Å². The first-order valence-electron chi connectivity index (χ1n) is 11.1. The van der Waals surface area contributed by atoms with Crippen LogP contribution < -0.4 is 10.5 Å². The lowest BCUT2D eigenvalue weighted by Gasteiger charge is -2.26. The van der Waals surface area contributed by atoms with E-state index in [4.69, 9.17) is 9.88 Å². The Bertz CT molecular complexity index is 1220. The Balaban J connectivity index is 1.91. The molecule has 2 aromatic rings. The van der Waals surface area contributed by atoms with Gasteiger partial charge in [0.25, 0.3) is 9.84 Å². The van der Waals surface area contributed by atoms with Gasteiger partial charge in [0.2, 0.25) is 10.0 Å². The van der Waals surface area contributed by atoms with Gasteiger partial charge in [0, 0.05) is 42.9 Å². The number of nitrogens with zero attached hydrogens (tertiary/aromatic N) is 1. The molecule has 3 N–H and O–H groups in total. The summed E-state index contributed by atoms with van der Waals surface area (Å²) in [6, 6.07) is 11.4. The van der Waals surface area contributed by atoms with Gasteiger partial charge in [-0.3, -0.25) is 0 Å². The lowest BCUT2D eigenvalue weighted by atomic mass is 10.2. The van der Waals surface area contributed by atoms with Crippen molar-refractivity contribution in [3.63, 3.8) is 0 Å². The molecule has 1 heterocycles. The van der Waals surface area contributed by atoms with Gasteiger partial charge in [-0.25, -0.2) is 22.0 Å². The minimum absolute atomic E-state index is 0.336. The van der Waals surface area contributed by atoms with Gasteiger partial charge < -0.3 is 15.0 Å². The molecule has 0 amide bonds. The molecule has 0 saturated carbocycles. The number of rotatable bonds is 10. The molecule has 14 heteroatoms. The molecule has 0 bridgehead atoms. The van der Waals surface area contributed by atoms with Crippen molar-refractivity contribution >= 4 is 37.3 Å². The molecule has 0 radical (unpaired) electrons. The highest BCUT2D eigenvalue weighted by Crippen LogP contribution is 2.36. The molecule has 0 unspecified atom stereocenters. The minimum atomic E-state index is -5.86. The Labute approximate surface area is 213 Å². The van der Waals surface area contributed by atoms with Gasteiger partial charge in [0.15, 0.2) is 0 Å². The predicted molar refractivity (Wildman–Crippen MR) is 132 cm³/mol. The predicted octanol–water partition coefficient (Wildman–Crippen LogP) is 3.31. The summed E-state index contributed by atoms with van der Waals surface area (Å²) in [4.78, 5) is 1.22. The molecule has 8 nitrogen and oxygen atoms in total. The van der Waals surface area contributed by atoms with Crippen LogP contribution in [0.5, 0.6) is 0 Å². The van der Waals surface area contributed by atoms with Crippen molar-refractivity contribution in [1.82, 2.24) is 4.90 Å². The number of halogens is 3. The van der Waals surface area contributed by atoms with Gasteiger partial charge in [-0.1, -0.05) is 18.2 Å². The third-order valence-electron chi connectivity index (χ3n) is 5.54. The summed E-state index contributed by atoms with van der Waals surface area (Å²) in [7, 11) is -10.3. The maximum atomic E-state index is 13.4. The molecule has 3 rings (SSSR count). The quantitative estimate of drug-likeness (QED) is 0.420. The number of ether oxygens (including phenoxy) is 1. The number of primary sulfonamides is 1. The second-order valence-corrected chi connectivity index (χ2v) is 12.8. The van der Waals surface area contributed by atoms with E-state index in [2.05, 4.69) is 10.2 Å². The number of nitrogens with two attached hydrogens (primary N) is 1. The van der Waals surface area contributed by atoms with Gasteiger partial charge in [-0.05, 0) is 43.2 Å². The van der Waals surface area contributed by atoms with Crippen molar-refractivity contribution in [1.29, 1.82) is 0 Å². The van der Waals surface area contributed by atoms with E-state index in [0.29, 0.717) is 38.0 Å². The number of sulfonamides is 1. The molecular weight excluding hydrogens is 539 g/mol. The van der Waals surface area contributed by atoms with Crippen molar-refractivity contribution in [2.24, 2.45) is 5.14 Å². The van der Waals surface area contributed by atoms with Gasteiger partial charge in [-0.15, -0.1) is 11.8 Å². The van der Waals surface area contributed by atoms with Gasteiger partial charge in [-0.2, -0.15) is 13.2 Å². The van der Waals surface area contributed by atoms with Gasteiger partial charge in [0.1, 0.15) is 4.90 Å². The monoisotopic (exact) mass is 567 g/mol. The fourth-order valence-electron chi connectivity index (χ4n) is 3.64. The summed E-state index contributed by atoms with van der Waals surface area (Å²) in [5.74, 6) is 0.427. The van der Waals surface area contributed by atoms with E-state index in [1.807, 2.05) is 30.3 Å². The highest BCUT2D eigenvalue weighted by molar-refractivity contribution is 7.99. The van der Waals surface area contributed by atoms with Crippen LogP contribution in [-0.2, 0) is 24.6 Å². The zero-order valence-corrected chi connectivity index (χ0v) is 21.7. The normalized spacial score (nSPS) is 16.9. The van der Waals surface area contributed by atoms with Crippen molar-refractivity contribution in [2.45, 2.75) is 39.1 Å².